The van der Waals surface area contributed by atoms with E-state index in [1.54, 1.807) is 24.3 Å². The van der Waals surface area contributed by atoms with Gasteiger partial charge in [-0.2, -0.15) is 0 Å². The molecule has 0 radical (unpaired) electrons. The molecule has 0 atom stereocenters. The first-order chi connectivity index (χ1) is 8.65. The molecule has 0 amide bonds. The first-order valence-corrected chi connectivity index (χ1v) is 5.86. The molecule has 0 saturated carbocycles. The molecule has 0 unspecified atom stereocenters. The molecule has 2 rings (SSSR count). The van der Waals surface area contributed by atoms with Crippen molar-refractivity contribution >= 4 is 11.6 Å². The quantitative estimate of drug-likeness (QED) is 0.920. The lowest BCUT2D eigenvalue weighted by Crippen LogP contribution is -1.96. The van der Waals surface area contributed by atoms with Gasteiger partial charge in [0.05, 0.1) is 7.11 Å². The van der Waals surface area contributed by atoms with Crippen LogP contribution in [0.25, 0.3) is 11.1 Å². The molecule has 2 aromatic carbocycles. The third kappa shape index (κ3) is 2.47. The zero-order valence-corrected chi connectivity index (χ0v) is 10.7. The van der Waals surface area contributed by atoms with Gasteiger partial charge < -0.3 is 10.5 Å². The predicted octanol–water partition coefficient (Wildman–Crippen LogP) is 3.61. The number of hydrogen-bond donors (Lipinski definition) is 1. The van der Waals surface area contributed by atoms with E-state index in [-0.39, 0.29) is 5.82 Å². The second kappa shape index (κ2) is 5.38. The summed E-state index contributed by atoms with van der Waals surface area (Å²) < 4.78 is 18.9. The van der Waals surface area contributed by atoms with Crippen LogP contribution >= 0.6 is 11.6 Å². The smallest absolute Gasteiger partial charge is 0.134 e. The van der Waals surface area contributed by atoms with Gasteiger partial charge in [-0.05, 0) is 23.8 Å². The molecular weight excluding hydrogens is 253 g/mol. The van der Waals surface area contributed by atoms with Gasteiger partial charge in [0.25, 0.3) is 0 Å². The monoisotopic (exact) mass is 265 g/mol. The van der Waals surface area contributed by atoms with Crippen molar-refractivity contribution in [2.24, 2.45) is 5.73 Å². The van der Waals surface area contributed by atoms with E-state index >= 15 is 0 Å². The number of ether oxygens (including phenoxy) is 1. The fourth-order valence-electron chi connectivity index (χ4n) is 1.75. The van der Waals surface area contributed by atoms with Crippen LogP contribution in [-0.4, -0.2) is 7.11 Å². The summed E-state index contributed by atoms with van der Waals surface area (Å²) in [6.07, 6.45) is 0. The maximum Gasteiger partial charge on any atom is 0.134 e. The lowest BCUT2D eigenvalue weighted by Gasteiger charge is -2.09. The lowest BCUT2D eigenvalue weighted by molar-refractivity contribution is 0.411. The van der Waals surface area contributed by atoms with E-state index in [4.69, 9.17) is 22.1 Å². The predicted molar refractivity (Wildman–Crippen MR) is 71.3 cm³/mol. The minimum Gasteiger partial charge on any atom is -0.497 e. The second-order valence-corrected chi connectivity index (χ2v) is 4.27. The van der Waals surface area contributed by atoms with Crippen LogP contribution in [0.15, 0.2) is 36.4 Å². The van der Waals surface area contributed by atoms with Crippen molar-refractivity contribution in [2.75, 3.05) is 7.11 Å². The van der Waals surface area contributed by atoms with Crippen molar-refractivity contribution in [1.29, 1.82) is 0 Å². The van der Waals surface area contributed by atoms with Gasteiger partial charge in [-0.15, -0.1) is 0 Å². The fourth-order valence-corrected chi connectivity index (χ4v) is 2.05. The molecule has 0 bridgehead atoms. The molecule has 0 spiro atoms. The Kier molecular flexibility index (Phi) is 3.84. The van der Waals surface area contributed by atoms with Gasteiger partial charge in [-0.3, -0.25) is 0 Å². The maximum atomic E-state index is 13.9. The van der Waals surface area contributed by atoms with Crippen molar-refractivity contribution in [2.45, 2.75) is 6.54 Å². The molecule has 0 heterocycles. The van der Waals surface area contributed by atoms with Crippen molar-refractivity contribution in [3.05, 3.63) is 52.8 Å². The molecule has 4 heteroatoms. The summed E-state index contributed by atoms with van der Waals surface area (Å²) in [6.45, 7) is 0.408. The summed E-state index contributed by atoms with van der Waals surface area (Å²) in [7, 11) is 1.50. The third-order valence-electron chi connectivity index (χ3n) is 2.74. The van der Waals surface area contributed by atoms with E-state index < -0.39 is 0 Å². The molecule has 2 nitrogen and oxygen atoms in total. The summed E-state index contributed by atoms with van der Waals surface area (Å²) in [6, 6.07) is 10.0. The second-order valence-electron chi connectivity index (χ2n) is 3.86. The van der Waals surface area contributed by atoms with Crippen LogP contribution < -0.4 is 10.5 Å². The summed E-state index contributed by atoms with van der Waals surface area (Å²) >= 11 is 6.13. The van der Waals surface area contributed by atoms with Gasteiger partial charge >= 0.3 is 0 Å². The van der Waals surface area contributed by atoms with Gasteiger partial charge in [0, 0.05) is 28.8 Å². The molecule has 18 heavy (non-hydrogen) atoms. The highest BCUT2D eigenvalue weighted by atomic mass is 35.5. The van der Waals surface area contributed by atoms with Crippen LogP contribution in [0.4, 0.5) is 4.39 Å². The van der Waals surface area contributed by atoms with E-state index in [0.29, 0.717) is 28.4 Å². The first-order valence-electron chi connectivity index (χ1n) is 5.48. The minimum atomic E-state index is -0.364. The van der Waals surface area contributed by atoms with Gasteiger partial charge in [-0.1, -0.05) is 23.7 Å². The van der Waals surface area contributed by atoms with Gasteiger partial charge in [0.2, 0.25) is 0 Å². The topological polar surface area (TPSA) is 35.2 Å². The summed E-state index contributed by atoms with van der Waals surface area (Å²) in [4.78, 5) is 0. The number of nitrogens with two attached hydrogens (primary N) is 1. The molecule has 0 saturated heterocycles. The Balaban J connectivity index is 2.48. The van der Waals surface area contributed by atoms with Crippen molar-refractivity contribution < 1.29 is 9.13 Å². The minimum absolute atomic E-state index is 0.364. The fraction of sp³-hybridized carbons (Fsp3) is 0.143. The Labute approximate surface area is 110 Å². The number of halogens is 2. The molecule has 0 aliphatic heterocycles. The van der Waals surface area contributed by atoms with Gasteiger partial charge in [0.15, 0.2) is 0 Å². The van der Waals surface area contributed by atoms with Crippen LogP contribution in [0.5, 0.6) is 5.75 Å². The highest BCUT2D eigenvalue weighted by Gasteiger charge is 2.10. The zero-order chi connectivity index (χ0) is 13.1. The molecule has 0 aliphatic rings. The van der Waals surface area contributed by atoms with Gasteiger partial charge in [0.1, 0.15) is 11.6 Å². The van der Waals surface area contributed by atoms with Crippen molar-refractivity contribution in [1.82, 2.24) is 0 Å². The summed E-state index contributed by atoms with van der Waals surface area (Å²) in [5.74, 6) is 0.114. The summed E-state index contributed by atoms with van der Waals surface area (Å²) in [5, 5.41) is 0.488. The molecule has 2 aromatic rings. The average molecular weight is 266 g/mol. The highest BCUT2D eigenvalue weighted by Crippen LogP contribution is 2.32. The van der Waals surface area contributed by atoms with Crippen LogP contribution in [0.1, 0.15) is 5.56 Å². The lowest BCUT2D eigenvalue weighted by atomic mass is 10.0. The highest BCUT2D eigenvalue weighted by molar-refractivity contribution is 6.33. The SMILES string of the molecule is COc1ccc(-c2ccc(CN)cc2Cl)c(F)c1. The molecule has 94 valence electrons. The standard InChI is InChI=1S/C14H13ClFNO/c1-18-10-3-5-12(14(16)7-10)11-4-2-9(8-17)6-13(11)15/h2-7H,8,17H2,1H3. The molecule has 0 aromatic heterocycles. The van der Waals surface area contributed by atoms with Crippen molar-refractivity contribution in [3.8, 4) is 16.9 Å². The first kappa shape index (κ1) is 12.9. The van der Waals surface area contributed by atoms with E-state index in [9.17, 15) is 4.39 Å². The Morgan fingerprint density at radius 3 is 2.44 bits per heavy atom. The molecule has 0 fully saturated rings. The van der Waals surface area contributed by atoms with E-state index in [0.717, 1.165) is 5.56 Å². The van der Waals surface area contributed by atoms with Crippen LogP contribution in [0.2, 0.25) is 5.02 Å². The van der Waals surface area contributed by atoms with Crippen LogP contribution in [0, 0.1) is 5.82 Å². The maximum absolute atomic E-state index is 13.9. The number of rotatable bonds is 3. The Morgan fingerprint density at radius 1 is 1.17 bits per heavy atom. The van der Waals surface area contributed by atoms with Crippen molar-refractivity contribution in [3.63, 3.8) is 0 Å². The van der Waals surface area contributed by atoms with Gasteiger partial charge in [-0.25, -0.2) is 4.39 Å². The molecular formula is C14H13ClFNO. The zero-order valence-electron chi connectivity index (χ0n) is 9.91. The average Bonchev–Trinajstić information content (AvgIpc) is 2.39. The Morgan fingerprint density at radius 2 is 1.89 bits per heavy atom. The number of benzene rings is 2. The number of hydrogen-bond acceptors (Lipinski definition) is 2. The third-order valence-corrected chi connectivity index (χ3v) is 3.05. The normalized spacial score (nSPS) is 10.4. The number of methoxy groups -OCH3 is 1. The van der Waals surface area contributed by atoms with E-state index in [1.165, 1.54) is 13.2 Å². The Hall–Kier alpha value is -1.58. The van der Waals surface area contributed by atoms with E-state index in [2.05, 4.69) is 0 Å². The van der Waals surface area contributed by atoms with Crippen LogP contribution in [-0.2, 0) is 6.54 Å². The molecule has 2 N–H and O–H groups in total. The van der Waals surface area contributed by atoms with Crippen LogP contribution in [0.3, 0.4) is 0 Å². The largest absolute Gasteiger partial charge is 0.497 e. The van der Waals surface area contributed by atoms with E-state index in [1.807, 2.05) is 6.07 Å². The Bertz CT molecular complexity index is 520. The summed E-state index contributed by atoms with van der Waals surface area (Å²) in [5.41, 5.74) is 7.54. The molecule has 0 aliphatic carbocycles.